The Bertz CT molecular complexity index is 534. The molecule has 1 atom stereocenters. The van der Waals surface area contributed by atoms with Gasteiger partial charge in [0.15, 0.2) is 0 Å². The highest BCUT2D eigenvalue weighted by Gasteiger charge is 2.20. The van der Waals surface area contributed by atoms with Gasteiger partial charge in [0.1, 0.15) is 12.4 Å². The van der Waals surface area contributed by atoms with E-state index in [1.807, 2.05) is 24.3 Å². The van der Waals surface area contributed by atoms with Crippen LogP contribution in [0.1, 0.15) is 44.9 Å². The summed E-state index contributed by atoms with van der Waals surface area (Å²) in [5, 5.41) is 2.98. The van der Waals surface area contributed by atoms with Crippen LogP contribution in [0.3, 0.4) is 0 Å². The lowest BCUT2D eigenvalue weighted by molar-refractivity contribution is -0.117. The number of hydrogen-bond donors (Lipinski definition) is 1. The van der Waals surface area contributed by atoms with Gasteiger partial charge in [-0.1, -0.05) is 19.3 Å². The van der Waals surface area contributed by atoms with Gasteiger partial charge in [-0.2, -0.15) is 0 Å². The third-order valence-electron chi connectivity index (χ3n) is 5.19. The number of carbonyl (C=O) groups excluding carboxylic acids is 1. The lowest BCUT2D eigenvalue weighted by Gasteiger charge is -2.30. The van der Waals surface area contributed by atoms with Crippen molar-refractivity contribution in [2.45, 2.75) is 57.1 Å². The van der Waals surface area contributed by atoms with Crippen LogP contribution in [0.15, 0.2) is 24.3 Å². The fourth-order valence-electron chi connectivity index (χ4n) is 3.68. The first-order valence-corrected chi connectivity index (χ1v) is 9.55. The Balaban J connectivity index is 1.41. The Morgan fingerprint density at radius 2 is 1.92 bits per heavy atom. The molecule has 138 valence electrons. The van der Waals surface area contributed by atoms with E-state index >= 15 is 0 Å². The van der Waals surface area contributed by atoms with Crippen molar-refractivity contribution in [1.82, 2.24) is 4.90 Å². The van der Waals surface area contributed by atoms with Crippen molar-refractivity contribution in [3.8, 4) is 5.75 Å². The summed E-state index contributed by atoms with van der Waals surface area (Å²) in [6, 6.07) is 8.13. The van der Waals surface area contributed by atoms with Gasteiger partial charge >= 0.3 is 0 Å². The predicted octanol–water partition coefficient (Wildman–Crippen LogP) is 3.45. The molecule has 1 aromatic rings. The van der Waals surface area contributed by atoms with Crippen LogP contribution in [0.2, 0.25) is 0 Å². The zero-order valence-corrected chi connectivity index (χ0v) is 15.2. The van der Waals surface area contributed by atoms with Crippen LogP contribution >= 0.6 is 0 Å². The maximum Gasteiger partial charge on any atom is 0.238 e. The summed E-state index contributed by atoms with van der Waals surface area (Å²) in [5.74, 6) is 0.855. The van der Waals surface area contributed by atoms with E-state index in [0.717, 1.165) is 30.9 Å². The van der Waals surface area contributed by atoms with E-state index in [9.17, 15) is 4.79 Å². The molecule has 3 rings (SSSR count). The minimum Gasteiger partial charge on any atom is -0.491 e. The van der Waals surface area contributed by atoms with Gasteiger partial charge < -0.3 is 14.8 Å². The number of rotatable bonds is 7. The van der Waals surface area contributed by atoms with Gasteiger partial charge in [-0.3, -0.25) is 9.69 Å². The molecule has 2 aliphatic rings. The van der Waals surface area contributed by atoms with Gasteiger partial charge in [0, 0.05) is 18.3 Å². The molecule has 1 N–H and O–H groups in total. The average molecular weight is 346 g/mol. The van der Waals surface area contributed by atoms with Crippen molar-refractivity contribution < 1.29 is 14.3 Å². The maximum absolute atomic E-state index is 12.2. The van der Waals surface area contributed by atoms with E-state index < -0.39 is 0 Å². The number of carbonyl (C=O) groups is 1. The lowest BCUT2D eigenvalue weighted by Crippen LogP contribution is -2.39. The highest BCUT2D eigenvalue weighted by Crippen LogP contribution is 2.22. The fourth-order valence-corrected chi connectivity index (χ4v) is 3.68. The minimum atomic E-state index is 0.0427. The molecular formula is C20H30N2O3. The van der Waals surface area contributed by atoms with Gasteiger partial charge in [0.05, 0.1) is 12.6 Å². The molecule has 0 aromatic heterocycles. The van der Waals surface area contributed by atoms with E-state index in [-0.39, 0.29) is 12.0 Å². The number of anilines is 1. The van der Waals surface area contributed by atoms with Crippen molar-refractivity contribution >= 4 is 11.6 Å². The quantitative estimate of drug-likeness (QED) is 0.822. The van der Waals surface area contributed by atoms with E-state index in [1.54, 1.807) is 0 Å². The zero-order valence-electron chi connectivity index (χ0n) is 15.2. The Labute approximate surface area is 150 Å². The second-order valence-corrected chi connectivity index (χ2v) is 7.23. The molecule has 1 unspecified atom stereocenters. The van der Waals surface area contributed by atoms with Gasteiger partial charge in [-0.25, -0.2) is 0 Å². The molecule has 0 radical (unpaired) electrons. The molecule has 0 bridgehead atoms. The molecule has 1 aliphatic heterocycles. The second kappa shape index (κ2) is 9.20. The Morgan fingerprint density at radius 3 is 2.60 bits per heavy atom. The van der Waals surface area contributed by atoms with E-state index in [4.69, 9.17) is 9.47 Å². The number of nitrogens with one attached hydrogen (secondary N) is 1. The van der Waals surface area contributed by atoms with Crippen LogP contribution in [-0.2, 0) is 9.53 Å². The van der Waals surface area contributed by atoms with Crippen LogP contribution < -0.4 is 10.1 Å². The predicted molar refractivity (Wildman–Crippen MR) is 99.0 cm³/mol. The molecule has 0 spiro atoms. The fraction of sp³-hybridized carbons (Fsp3) is 0.650. The summed E-state index contributed by atoms with van der Waals surface area (Å²) in [4.78, 5) is 14.4. The minimum absolute atomic E-state index is 0.0427. The summed E-state index contributed by atoms with van der Waals surface area (Å²) in [7, 11) is 2.05. The van der Waals surface area contributed by atoms with E-state index in [1.165, 1.54) is 32.1 Å². The first-order chi connectivity index (χ1) is 12.2. The summed E-state index contributed by atoms with van der Waals surface area (Å²) in [5.41, 5.74) is 0.812. The van der Waals surface area contributed by atoms with Crippen molar-refractivity contribution in [1.29, 1.82) is 0 Å². The Hall–Kier alpha value is -1.59. The molecular weight excluding hydrogens is 316 g/mol. The van der Waals surface area contributed by atoms with E-state index in [0.29, 0.717) is 19.2 Å². The number of benzene rings is 1. The first kappa shape index (κ1) is 18.2. The maximum atomic E-state index is 12.2. The largest absolute Gasteiger partial charge is 0.491 e. The van der Waals surface area contributed by atoms with Crippen LogP contribution in [0, 0.1) is 0 Å². The number of hydrogen-bond acceptors (Lipinski definition) is 4. The molecule has 25 heavy (non-hydrogen) atoms. The molecule has 5 nitrogen and oxygen atoms in total. The summed E-state index contributed by atoms with van der Waals surface area (Å²) >= 11 is 0. The van der Waals surface area contributed by atoms with Gasteiger partial charge in [-0.05, 0) is 57.0 Å². The average Bonchev–Trinajstić information content (AvgIpc) is 3.15. The zero-order chi connectivity index (χ0) is 17.5. The molecule has 5 heteroatoms. The highest BCUT2D eigenvalue weighted by molar-refractivity contribution is 5.92. The first-order valence-electron chi connectivity index (χ1n) is 9.55. The highest BCUT2D eigenvalue weighted by atomic mass is 16.5. The summed E-state index contributed by atoms with van der Waals surface area (Å²) in [6.07, 6.45) is 8.72. The van der Waals surface area contributed by atoms with Crippen molar-refractivity contribution in [3.63, 3.8) is 0 Å². The van der Waals surface area contributed by atoms with Crippen molar-refractivity contribution in [3.05, 3.63) is 24.3 Å². The Morgan fingerprint density at radius 1 is 1.16 bits per heavy atom. The molecule has 1 heterocycles. The normalized spacial score (nSPS) is 21.4. The van der Waals surface area contributed by atoms with Gasteiger partial charge in [0.25, 0.3) is 0 Å². The SMILES string of the molecule is CN(CC(=O)Nc1ccc(OCC2CCCO2)cc1)C1CCCCC1. The van der Waals surface area contributed by atoms with Crippen LogP contribution in [0.4, 0.5) is 5.69 Å². The molecule has 1 saturated heterocycles. The number of ether oxygens (including phenoxy) is 2. The summed E-state index contributed by atoms with van der Waals surface area (Å²) < 4.78 is 11.3. The second-order valence-electron chi connectivity index (χ2n) is 7.23. The third-order valence-corrected chi connectivity index (χ3v) is 5.19. The van der Waals surface area contributed by atoms with Crippen molar-refractivity contribution in [2.24, 2.45) is 0 Å². The topological polar surface area (TPSA) is 50.8 Å². The monoisotopic (exact) mass is 346 g/mol. The molecule has 1 saturated carbocycles. The smallest absolute Gasteiger partial charge is 0.238 e. The van der Waals surface area contributed by atoms with Crippen LogP contribution in [-0.4, -0.2) is 49.8 Å². The molecule has 1 amide bonds. The molecule has 1 aliphatic carbocycles. The van der Waals surface area contributed by atoms with Crippen LogP contribution in [0.25, 0.3) is 0 Å². The van der Waals surface area contributed by atoms with Gasteiger partial charge in [0.2, 0.25) is 5.91 Å². The molecule has 1 aromatic carbocycles. The van der Waals surface area contributed by atoms with Crippen LogP contribution in [0.5, 0.6) is 5.75 Å². The van der Waals surface area contributed by atoms with Gasteiger partial charge in [-0.15, -0.1) is 0 Å². The van der Waals surface area contributed by atoms with Crippen molar-refractivity contribution in [2.75, 3.05) is 32.1 Å². The number of nitrogens with zero attached hydrogens (tertiary/aromatic N) is 1. The Kier molecular flexibility index (Phi) is 6.70. The lowest BCUT2D eigenvalue weighted by atomic mass is 9.94. The summed E-state index contributed by atoms with van der Waals surface area (Å²) in [6.45, 7) is 1.88. The number of likely N-dealkylation sites (N-methyl/N-ethyl adjacent to an activating group) is 1. The van der Waals surface area contributed by atoms with E-state index in [2.05, 4.69) is 17.3 Å². The standard InChI is InChI=1S/C20H30N2O3/c1-22(17-6-3-2-4-7-17)14-20(23)21-16-9-11-18(12-10-16)25-15-19-8-5-13-24-19/h9-12,17,19H,2-8,13-15H2,1H3,(H,21,23). The molecule has 2 fully saturated rings. The number of amides is 1. The third kappa shape index (κ3) is 5.72.